The van der Waals surface area contributed by atoms with Crippen molar-refractivity contribution in [2.45, 2.75) is 0 Å². The molecule has 7 aromatic carbocycles. The summed E-state index contributed by atoms with van der Waals surface area (Å²) in [5.41, 5.74) is 5.62. The van der Waals surface area contributed by atoms with E-state index >= 15 is 0 Å². The van der Waals surface area contributed by atoms with E-state index in [0.29, 0.717) is 0 Å². The molecule has 1 aromatic heterocycles. The summed E-state index contributed by atoms with van der Waals surface area (Å²) in [6.45, 7) is 0. The molecule has 0 radical (unpaired) electrons. The summed E-state index contributed by atoms with van der Waals surface area (Å²) in [5.74, 6) is 0. The molecule has 0 atom stereocenters. The van der Waals surface area contributed by atoms with Crippen molar-refractivity contribution in [2.24, 2.45) is 0 Å². The minimum absolute atomic E-state index is 1.01. The van der Waals surface area contributed by atoms with Crippen LogP contribution in [-0.4, -0.2) is 4.98 Å². The second-order valence-corrected chi connectivity index (χ2v) is 9.58. The molecule has 36 heavy (non-hydrogen) atoms. The Morgan fingerprint density at radius 2 is 1.08 bits per heavy atom. The molecule has 0 spiro atoms. The van der Waals surface area contributed by atoms with E-state index in [-0.39, 0.29) is 0 Å². The Labute approximate surface area is 208 Å². The first kappa shape index (κ1) is 19.5. The molecule has 0 aliphatic carbocycles. The zero-order chi connectivity index (χ0) is 23.6. The summed E-state index contributed by atoms with van der Waals surface area (Å²) in [5, 5.41) is 11.4. The number of nitrogens with zero attached hydrogens (tertiary/aromatic N) is 1. The number of aromatic nitrogens is 1. The molecule has 0 N–H and O–H groups in total. The summed E-state index contributed by atoms with van der Waals surface area (Å²) >= 11 is 0. The van der Waals surface area contributed by atoms with Crippen LogP contribution in [0.3, 0.4) is 0 Å². The minimum atomic E-state index is 1.01. The highest BCUT2D eigenvalue weighted by Crippen LogP contribution is 2.41. The minimum Gasteiger partial charge on any atom is -0.247 e. The SMILES string of the molecule is c1ccc(-c2c3ccccc3cc3ccc(-c4ccc5ccc6cccc7ccc4c5c67)nc23)cc1. The second-order valence-electron chi connectivity index (χ2n) is 9.58. The Morgan fingerprint density at radius 3 is 1.94 bits per heavy atom. The summed E-state index contributed by atoms with van der Waals surface area (Å²) in [6.07, 6.45) is 0. The molecule has 1 heteroatoms. The highest BCUT2D eigenvalue weighted by atomic mass is 14.7. The lowest BCUT2D eigenvalue weighted by molar-refractivity contribution is 1.41. The molecule has 0 unspecified atom stereocenters. The van der Waals surface area contributed by atoms with E-state index in [1.807, 2.05) is 0 Å². The Kier molecular flexibility index (Phi) is 4.00. The molecule has 0 saturated heterocycles. The van der Waals surface area contributed by atoms with Crippen molar-refractivity contribution in [1.82, 2.24) is 4.98 Å². The summed E-state index contributed by atoms with van der Waals surface area (Å²) < 4.78 is 0. The van der Waals surface area contributed by atoms with Crippen LogP contribution in [0, 0.1) is 0 Å². The highest BCUT2D eigenvalue weighted by Gasteiger charge is 2.15. The van der Waals surface area contributed by atoms with Crippen LogP contribution in [-0.2, 0) is 0 Å². The van der Waals surface area contributed by atoms with Crippen LogP contribution in [0.15, 0.2) is 127 Å². The van der Waals surface area contributed by atoms with Gasteiger partial charge in [-0.2, -0.15) is 0 Å². The molecule has 0 saturated carbocycles. The average molecular weight is 456 g/mol. The lowest BCUT2D eigenvalue weighted by atomic mass is 9.90. The van der Waals surface area contributed by atoms with E-state index in [1.165, 1.54) is 59.8 Å². The molecular formula is C35H21N. The molecule has 0 bridgehead atoms. The van der Waals surface area contributed by atoms with Gasteiger partial charge in [0, 0.05) is 16.5 Å². The van der Waals surface area contributed by atoms with E-state index in [2.05, 4.69) is 127 Å². The van der Waals surface area contributed by atoms with Crippen molar-refractivity contribution in [3.05, 3.63) is 127 Å². The van der Waals surface area contributed by atoms with Gasteiger partial charge in [-0.3, -0.25) is 0 Å². The maximum Gasteiger partial charge on any atom is 0.0794 e. The van der Waals surface area contributed by atoms with Crippen LogP contribution in [0.4, 0.5) is 0 Å². The quantitative estimate of drug-likeness (QED) is 0.187. The molecule has 1 nitrogen and oxygen atoms in total. The standard InChI is InChI=1S/C35H21N/c1-2-7-22(8-3-1)34-28-12-5-4-9-26(28)21-27-17-20-31(36-35(27)34)29-18-15-25-14-13-23-10-6-11-24-16-19-30(29)33(25)32(23)24/h1-21H. The lowest BCUT2D eigenvalue weighted by Crippen LogP contribution is -1.92. The van der Waals surface area contributed by atoms with Gasteiger partial charge in [0.1, 0.15) is 0 Å². The van der Waals surface area contributed by atoms with Gasteiger partial charge in [0.25, 0.3) is 0 Å². The first-order chi connectivity index (χ1) is 17.8. The molecule has 8 rings (SSSR count). The maximum absolute atomic E-state index is 5.35. The maximum atomic E-state index is 5.35. The fourth-order valence-electron chi connectivity index (χ4n) is 5.94. The number of rotatable bonds is 2. The predicted molar refractivity (Wildman–Crippen MR) is 154 cm³/mol. The Bertz CT molecular complexity index is 2070. The van der Waals surface area contributed by atoms with Gasteiger partial charge in [0.15, 0.2) is 0 Å². The average Bonchev–Trinajstić information content (AvgIpc) is 2.95. The Balaban J connectivity index is 1.47. The first-order valence-corrected chi connectivity index (χ1v) is 12.4. The molecular weight excluding hydrogens is 434 g/mol. The first-order valence-electron chi connectivity index (χ1n) is 12.4. The summed E-state index contributed by atoms with van der Waals surface area (Å²) in [7, 11) is 0. The fourth-order valence-corrected chi connectivity index (χ4v) is 5.94. The molecule has 0 aliphatic heterocycles. The lowest BCUT2D eigenvalue weighted by Gasteiger charge is -2.15. The van der Waals surface area contributed by atoms with E-state index in [9.17, 15) is 0 Å². The van der Waals surface area contributed by atoms with E-state index in [1.54, 1.807) is 0 Å². The van der Waals surface area contributed by atoms with Gasteiger partial charge in [-0.25, -0.2) is 4.98 Å². The third-order valence-electron chi connectivity index (χ3n) is 7.57. The Hall–Kier alpha value is -4.75. The van der Waals surface area contributed by atoms with Gasteiger partial charge in [-0.05, 0) is 60.8 Å². The van der Waals surface area contributed by atoms with Crippen molar-refractivity contribution < 1.29 is 0 Å². The third kappa shape index (κ3) is 2.74. The van der Waals surface area contributed by atoms with Gasteiger partial charge in [-0.1, -0.05) is 115 Å². The monoisotopic (exact) mass is 455 g/mol. The van der Waals surface area contributed by atoms with Crippen molar-refractivity contribution in [2.75, 3.05) is 0 Å². The van der Waals surface area contributed by atoms with Crippen molar-refractivity contribution in [3.63, 3.8) is 0 Å². The topological polar surface area (TPSA) is 12.9 Å². The summed E-state index contributed by atoms with van der Waals surface area (Å²) in [4.78, 5) is 5.35. The second kappa shape index (κ2) is 7.37. The zero-order valence-corrected chi connectivity index (χ0v) is 19.6. The molecule has 166 valence electrons. The van der Waals surface area contributed by atoms with E-state index in [0.717, 1.165) is 16.6 Å². The fraction of sp³-hybridized carbons (Fsp3) is 0. The normalized spacial score (nSPS) is 11.9. The van der Waals surface area contributed by atoms with Gasteiger partial charge in [0.2, 0.25) is 0 Å². The van der Waals surface area contributed by atoms with Crippen LogP contribution < -0.4 is 0 Å². The van der Waals surface area contributed by atoms with Crippen LogP contribution in [0.2, 0.25) is 0 Å². The number of hydrogen-bond donors (Lipinski definition) is 0. The summed E-state index contributed by atoms with van der Waals surface area (Å²) in [6, 6.07) is 46.0. The van der Waals surface area contributed by atoms with Crippen LogP contribution in [0.25, 0.3) is 76.4 Å². The van der Waals surface area contributed by atoms with E-state index in [4.69, 9.17) is 4.98 Å². The van der Waals surface area contributed by atoms with Crippen LogP contribution in [0.5, 0.6) is 0 Å². The molecule has 0 amide bonds. The number of fused-ring (bicyclic) bond motifs is 2. The van der Waals surface area contributed by atoms with Gasteiger partial charge in [-0.15, -0.1) is 0 Å². The van der Waals surface area contributed by atoms with Gasteiger partial charge >= 0.3 is 0 Å². The zero-order valence-electron chi connectivity index (χ0n) is 19.6. The molecule has 0 aliphatic rings. The smallest absolute Gasteiger partial charge is 0.0794 e. The van der Waals surface area contributed by atoms with Crippen molar-refractivity contribution in [1.29, 1.82) is 0 Å². The number of hydrogen-bond acceptors (Lipinski definition) is 1. The van der Waals surface area contributed by atoms with Crippen molar-refractivity contribution >= 4 is 54.0 Å². The predicted octanol–water partition coefficient (Wildman–Crippen LogP) is 9.62. The number of benzene rings is 7. The van der Waals surface area contributed by atoms with E-state index < -0.39 is 0 Å². The molecule has 1 heterocycles. The van der Waals surface area contributed by atoms with Crippen LogP contribution >= 0.6 is 0 Å². The van der Waals surface area contributed by atoms with Crippen molar-refractivity contribution in [3.8, 4) is 22.4 Å². The Morgan fingerprint density at radius 1 is 0.417 bits per heavy atom. The highest BCUT2D eigenvalue weighted by molar-refractivity contribution is 6.25. The van der Waals surface area contributed by atoms with Gasteiger partial charge in [0.05, 0.1) is 11.2 Å². The third-order valence-corrected chi connectivity index (χ3v) is 7.57. The molecule has 8 aromatic rings. The molecule has 0 fully saturated rings. The number of pyridine rings is 1. The van der Waals surface area contributed by atoms with Gasteiger partial charge < -0.3 is 0 Å². The largest absolute Gasteiger partial charge is 0.247 e. The van der Waals surface area contributed by atoms with Crippen LogP contribution in [0.1, 0.15) is 0 Å².